The molecule has 0 aliphatic carbocycles. The Hall–Kier alpha value is -4.30. The van der Waals surface area contributed by atoms with Crippen molar-refractivity contribution in [3.8, 4) is 11.5 Å². The van der Waals surface area contributed by atoms with E-state index >= 15 is 0 Å². The highest BCUT2D eigenvalue weighted by atomic mass is 35.5. The van der Waals surface area contributed by atoms with Crippen molar-refractivity contribution in [2.75, 3.05) is 28.3 Å². The Balaban J connectivity index is 1.30. The molecule has 4 atom stereocenters. The summed E-state index contributed by atoms with van der Waals surface area (Å²) in [6.07, 6.45) is 3.88. The first kappa shape index (κ1) is 22.9. The quantitative estimate of drug-likeness (QED) is 0.515. The van der Waals surface area contributed by atoms with Crippen molar-refractivity contribution in [3.63, 3.8) is 0 Å². The summed E-state index contributed by atoms with van der Waals surface area (Å²) in [5, 5.41) is 3.48. The van der Waals surface area contributed by atoms with Crippen LogP contribution in [-0.4, -0.2) is 43.0 Å². The number of fused-ring (bicyclic) bond motifs is 6. The number of amides is 3. The van der Waals surface area contributed by atoms with Crippen LogP contribution in [0.1, 0.15) is 5.56 Å². The highest BCUT2D eigenvalue weighted by Gasteiger charge is 2.64. The highest BCUT2D eigenvalue weighted by molar-refractivity contribution is 6.30. The van der Waals surface area contributed by atoms with Gasteiger partial charge in [-0.1, -0.05) is 42.0 Å². The number of nitrogens with one attached hydrogen (secondary N) is 1. The van der Waals surface area contributed by atoms with Gasteiger partial charge in [-0.05, 0) is 48.0 Å². The Bertz CT molecular complexity index is 1520. The number of rotatable bonds is 3. The van der Waals surface area contributed by atoms with Gasteiger partial charge in [0.05, 0.1) is 23.6 Å². The van der Waals surface area contributed by atoms with E-state index in [-0.39, 0.29) is 11.8 Å². The number of halogens is 1. The second-order valence-electron chi connectivity index (χ2n) is 9.65. The van der Waals surface area contributed by atoms with Gasteiger partial charge in [-0.3, -0.25) is 14.4 Å². The first-order valence-corrected chi connectivity index (χ1v) is 12.8. The smallest absolute Gasteiger partial charge is 0.247 e. The van der Waals surface area contributed by atoms with E-state index in [0.29, 0.717) is 41.1 Å². The van der Waals surface area contributed by atoms with Crippen LogP contribution in [0.4, 0.5) is 17.1 Å². The maximum Gasteiger partial charge on any atom is 0.247 e. The molecular formula is C29H22ClN3O5. The van der Waals surface area contributed by atoms with Gasteiger partial charge in [0.15, 0.2) is 11.5 Å². The fourth-order valence-electron chi connectivity index (χ4n) is 5.99. The summed E-state index contributed by atoms with van der Waals surface area (Å²) in [7, 11) is 0. The predicted molar refractivity (Wildman–Crippen MR) is 143 cm³/mol. The molecule has 7 rings (SSSR count). The van der Waals surface area contributed by atoms with Gasteiger partial charge in [-0.25, -0.2) is 4.90 Å². The van der Waals surface area contributed by atoms with Crippen molar-refractivity contribution in [3.05, 3.63) is 83.4 Å². The minimum absolute atomic E-state index is 0.336. The van der Waals surface area contributed by atoms with Crippen LogP contribution in [0.3, 0.4) is 0 Å². The van der Waals surface area contributed by atoms with Crippen LogP contribution in [0.25, 0.3) is 6.08 Å². The number of para-hydroxylation sites is 1. The molecule has 2 fully saturated rings. The minimum atomic E-state index is -0.898. The average Bonchev–Trinajstić information content (AvgIpc) is 3.42. The van der Waals surface area contributed by atoms with Crippen molar-refractivity contribution < 1.29 is 23.9 Å². The lowest BCUT2D eigenvalue weighted by atomic mass is 9.88. The lowest BCUT2D eigenvalue weighted by molar-refractivity contribution is -0.126. The molecule has 3 aromatic rings. The van der Waals surface area contributed by atoms with Crippen molar-refractivity contribution in [1.29, 1.82) is 0 Å². The van der Waals surface area contributed by atoms with E-state index in [1.165, 1.54) is 4.90 Å². The number of benzene rings is 3. The van der Waals surface area contributed by atoms with E-state index in [1.807, 2.05) is 41.3 Å². The maximum absolute atomic E-state index is 14.0. The highest BCUT2D eigenvalue weighted by Crippen LogP contribution is 2.50. The summed E-state index contributed by atoms with van der Waals surface area (Å²) >= 11 is 6.02. The van der Waals surface area contributed by atoms with E-state index < -0.39 is 29.8 Å². The van der Waals surface area contributed by atoms with Gasteiger partial charge in [-0.2, -0.15) is 0 Å². The van der Waals surface area contributed by atoms with E-state index in [1.54, 1.807) is 42.5 Å². The standard InChI is InChI=1S/C29H22ClN3O5/c30-17-6-8-18(9-7-17)31-27(34)26-25-24(21-11-5-16-3-1-2-4-20(16)33(21)26)28(35)32(29(25)36)19-10-12-22-23(15-19)38-14-13-37-22/h1-12,15,21,24-26H,13-14H2,(H,31,34)/t21-,24-,25-,26+/m1/s1. The molecule has 3 amide bonds. The third kappa shape index (κ3) is 3.40. The normalized spacial score (nSPS) is 24.7. The van der Waals surface area contributed by atoms with Crippen molar-refractivity contribution in [2.24, 2.45) is 11.8 Å². The largest absolute Gasteiger partial charge is 0.486 e. The molecule has 4 aliphatic rings. The second kappa shape index (κ2) is 8.63. The SMILES string of the molecule is O=C(Nc1ccc(Cl)cc1)[C@@H]1[C@@H]2C(=O)N(c3ccc4c(c3)OCCO4)C(=O)[C@@H]2[C@H]2C=Cc3ccccc3N21. The molecule has 0 saturated carbocycles. The molecule has 8 nitrogen and oxygen atoms in total. The summed E-state index contributed by atoms with van der Waals surface area (Å²) in [5.74, 6) is -1.65. The number of hydrogen-bond donors (Lipinski definition) is 1. The summed E-state index contributed by atoms with van der Waals surface area (Å²) in [6.45, 7) is 0.825. The van der Waals surface area contributed by atoms with Gasteiger partial charge in [0.25, 0.3) is 0 Å². The van der Waals surface area contributed by atoms with E-state index in [2.05, 4.69) is 5.32 Å². The third-order valence-corrected chi connectivity index (χ3v) is 7.83. The van der Waals surface area contributed by atoms with Crippen LogP contribution < -0.4 is 24.6 Å². The molecule has 9 heteroatoms. The van der Waals surface area contributed by atoms with Crippen LogP contribution in [0.2, 0.25) is 5.02 Å². The lowest BCUT2D eigenvalue weighted by Gasteiger charge is -2.36. The first-order valence-electron chi connectivity index (χ1n) is 12.4. The second-order valence-corrected chi connectivity index (χ2v) is 10.1. The lowest BCUT2D eigenvalue weighted by Crippen LogP contribution is -2.50. The molecule has 4 heterocycles. The first-order chi connectivity index (χ1) is 18.5. The molecule has 0 aromatic heterocycles. The Kier molecular flexibility index (Phi) is 5.19. The van der Waals surface area contributed by atoms with Crippen molar-refractivity contribution in [1.82, 2.24) is 0 Å². The van der Waals surface area contributed by atoms with Gasteiger partial charge in [0, 0.05) is 22.5 Å². The Labute approximate surface area is 223 Å². The molecule has 0 bridgehead atoms. The predicted octanol–water partition coefficient (Wildman–Crippen LogP) is 4.14. The van der Waals surface area contributed by atoms with Crippen LogP contribution in [0, 0.1) is 11.8 Å². The number of carbonyl (C=O) groups is 3. The van der Waals surface area contributed by atoms with Gasteiger partial charge in [0.2, 0.25) is 17.7 Å². The Morgan fingerprint density at radius 3 is 2.45 bits per heavy atom. The summed E-state index contributed by atoms with van der Waals surface area (Å²) in [4.78, 5) is 44.9. The Morgan fingerprint density at radius 2 is 1.63 bits per heavy atom. The van der Waals surface area contributed by atoms with E-state index in [0.717, 1.165) is 11.3 Å². The van der Waals surface area contributed by atoms with Crippen LogP contribution in [-0.2, 0) is 14.4 Å². The van der Waals surface area contributed by atoms with Crippen molar-refractivity contribution >= 4 is 52.5 Å². The molecule has 0 spiro atoms. The van der Waals surface area contributed by atoms with Gasteiger partial charge in [-0.15, -0.1) is 0 Å². The molecule has 190 valence electrons. The average molecular weight is 528 g/mol. The molecule has 4 aliphatic heterocycles. The van der Waals surface area contributed by atoms with Gasteiger partial charge in [0.1, 0.15) is 19.3 Å². The monoisotopic (exact) mass is 527 g/mol. The zero-order valence-corrected chi connectivity index (χ0v) is 20.8. The molecular weight excluding hydrogens is 506 g/mol. The fraction of sp³-hybridized carbons (Fsp3) is 0.207. The molecule has 3 aromatic carbocycles. The van der Waals surface area contributed by atoms with Crippen LogP contribution >= 0.6 is 11.6 Å². The van der Waals surface area contributed by atoms with Gasteiger partial charge < -0.3 is 19.7 Å². The topological polar surface area (TPSA) is 88.2 Å². The third-order valence-electron chi connectivity index (χ3n) is 7.58. The summed E-state index contributed by atoms with van der Waals surface area (Å²) in [5.41, 5.74) is 2.71. The van der Waals surface area contributed by atoms with E-state index in [4.69, 9.17) is 21.1 Å². The Morgan fingerprint density at radius 1 is 0.895 bits per heavy atom. The van der Waals surface area contributed by atoms with E-state index in [9.17, 15) is 14.4 Å². The molecule has 38 heavy (non-hydrogen) atoms. The van der Waals surface area contributed by atoms with Crippen LogP contribution in [0.15, 0.2) is 72.8 Å². The number of imide groups is 1. The molecule has 2 saturated heterocycles. The minimum Gasteiger partial charge on any atom is -0.486 e. The molecule has 0 radical (unpaired) electrons. The fourth-order valence-corrected chi connectivity index (χ4v) is 6.11. The number of anilines is 3. The molecule has 1 N–H and O–H groups in total. The summed E-state index contributed by atoms with van der Waals surface area (Å²) < 4.78 is 11.3. The zero-order valence-electron chi connectivity index (χ0n) is 20.0. The number of nitrogens with zero attached hydrogens (tertiary/aromatic N) is 2. The van der Waals surface area contributed by atoms with Gasteiger partial charge >= 0.3 is 0 Å². The zero-order chi connectivity index (χ0) is 26.0. The van der Waals surface area contributed by atoms with Crippen LogP contribution in [0.5, 0.6) is 11.5 Å². The molecule has 0 unspecified atom stereocenters. The maximum atomic E-state index is 14.0. The number of hydrogen-bond acceptors (Lipinski definition) is 6. The van der Waals surface area contributed by atoms with Crippen molar-refractivity contribution in [2.45, 2.75) is 12.1 Å². The summed E-state index contributed by atoms with van der Waals surface area (Å²) in [6, 6.07) is 18.1. The number of ether oxygens (including phenoxy) is 2. The number of carbonyl (C=O) groups excluding carboxylic acids is 3.